The Kier molecular flexibility index (Phi) is 7.16. The van der Waals surface area contributed by atoms with Gasteiger partial charge in [-0.2, -0.15) is 0 Å². The van der Waals surface area contributed by atoms with Crippen LogP contribution in [0.5, 0.6) is 0 Å². The molecular formula is C53H32N2O3. The summed E-state index contributed by atoms with van der Waals surface area (Å²) in [5, 5.41) is 6.58. The van der Waals surface area contributed by atoms with Crippen LogP contribution in [0, 0.1) is 0 Å². The lowest BCUT2D eigenvalue weighted by Crippen LogP contribution is -2.09. The maximum absolute atomic E-state index is 6.42. The molecule has 272 valence electrons. The number of hydrogen-bond acceptors (Lipinski definition) is 5. The van der Waals surface area contributed by atoms with E-state index >= 15 is 0 Å². The van der Waals surface area contributed by atoms with Crippen LogP contribution in [0.4, 0.5) is 17.1 Å². The minimum absolute atomic E-state index is 0.594. The summed E-state index contributed by atoms with van der Waals surface area (Å²) in [4.78, 5) is 7.13. The highest BCUT2D eigenvalue weighted by Gasteiger charge is 2.19. The summed E-state index contributed by atoms with van der Waals surface area (Å²) in [6.45, 7) is 0. The summed E-state index contributed by atoms with van der Waals surface area (Å²) in [6.07, 6.45) is 0. The van der Waals surface area contributed by atoms with Crippen LogP contribution in [-0.2, 0) is 0 Å². The molecule has 0 saturated heterocycles. The molecule has 0 fully saturated rings. The van der Waals surface area contributed by atoms with Crippen molar-refractivity contribution >= 4 is 82.8 Å². The van der Waals surface area contributed by atoms with Crippen LogP contribution < -0.4 is 4.90 Å². The van der Waals surface area contributed by atoms with Gasteiger partial charge in [-0.15, -0.1) is 0 Å². The summed E-state index contributed by atoms with van der Waals surface area (Å²) in [5.74, 6) is 0.594. The Labute approximate surface area is 332 Å². The van der Waals surface area contributed by atoms with E-state index < -0.39 is 0 Å². The fourth-order valence-corrected chi connectivity index (χ4v) is 8.50. The monoisotopic (exact) mass is 744 g/mol. The largest absolute Gasteiger partial charge is 0.456 e. The second-order valence-electron chi connectivity index (χ2n) is 14.7. The van der Waals surface area contributed by atoms with Crippen LogP contribution in [0.15, 0.2) is 207 Å². The summed E-state index contributed by atoms with van der Waals surface area (Å²) < 4.78 is 19.0. The smallest absolute Gasteiger partial charge is 0.227 e. The lowest BCUT2D eigenvalue weighted by atomic mass is 9.98. The van der Waals surface area contributed by atoms with Gasteiger partial charge in [-0.1, -0.05) is 109 Å². The molecule has 3 aromatic heterocycles. The highest BCUT2D eigenvalue weighted by Crippen LogP contribution is 2.42. The molecule has 3 heterocycles. The highest BCUT2D eigenvalue weighted by molar-refractivity contribution is 6.17. The fourth-order valence-electron chi connectivity index (χ4n) is 8.50. The quantitative estimate of drug-likeness (QED) is 0.170. The van der Waals surface area contributed by atoms with Gasteiger partial charge in [-0.3, -0.25) is 0 Å². The Morgan fingerprint density at radius 2 is 0.983 bits per heavy atom. The molecule has 5 nitrogen and oxygen atoms in total. The van der Waals surface area contributed by atoms with Gasteiger partial charge in [-0.25, -0.2) is 4.98 Å². The number of nitrogens with zero attached hydrogens (tertiary/aromatic N) is 2. The molecule has 12 rings (SSSR count). The number of fused-ring (bicyclic) bond motifs is 9. The number of para-hydroxylation sites is 1. The van der Waals surface area contributed by atoms with E-state index in [9.17, 15) is 0 Å². The molecule has 0 unspecified atom stereocenters. The van der Waals surface area contributed by atoms with Crippen LogP contribution >= 0.6 is 0 Å². The van der Waals surface area contributed by atoms with Gasteiger partial charge in [0.1, 0.15) is 27.8 Å². The van der Waals surface area contributed by atoms with Crippen LogP contribution in [0.1, 0.15) is 0 Å². The van der Waals surface area contributed by atoms with Gasteiger partial charge < -0.3 is 18.2 Å². The molecule has 5 heteroatoms. The van der Waals surface area contributed by atoms with Gasteiger partial charge in [0.15, 0.2) is 5.58 Å². The molecule has 0 saturated carbocycles. The topological polar surface area (TPSA) is 55.6 Å². The third kappa shape index (κ3) is 5.21. The van der Waals surface area contributed by atoms with Crippen LogP contribution in [0.3, 0.4) is 0 Å². The van der Waals surface area contributed by atoms with Gasteiger partial charge in [0.25, 0.3) is 0 Å². The van der Waals surface area contributed by atoms with E-state index in [1.54, 1.807) is 0 Å². The molecule has 0 radical (unpaired) electrons. The molecule has 0 bridgehead atoms. The summed E-state index contributed by atoms with van der Waals surface area (Å²) in [7, 11) is 0. The standard InChI is InChI=1S/C53H32N2O3/c1-2-10-36(11-3-1)53-54-46-27-30-50-51(52(46)58-53)45-31-37(21-28-49(45)57-50)33-17-22-38(23-18-33)55(40-26-29-48-44(32-40)43-14-6-7-16-47(43)56-48)39-24-19-35(20-25-39)42-15-8-12-34-9-4-5-13-41(34)42/h1-32H. The minimum atomic E-state index is 0.594. The Morgan fingerprint density at radius 1 is 0.362 bits per heavy atom. The Bertz CT molecular complexity index is 3500. The molecule has 0 atom stereocenters. The van der Waals surface area contributed by atoms with Crippen molar-refractivity contribution in [2.24, 2.45) is 0 Å². The number of oxazole rings is 1. The third-order valence-electron chi connectivity index (χ3n) is 11.3. The van der Waals surface area contributed by atoms with Crippen molar-refractivity contribution in [1.29, 1.82) is 0 Å². The predicted molar refractivity (Wildman–Crippen MR) is 237 cm³/mol. The Balaban J connectivity index is 0.957. The molecule has 0 spiro atoms. The second-order valence-corrected chi connectivity index (χ2v) is 14.7. The first-order valence-corrected chi connectivity index (χ1v) is 19.4. The van der Waals surface area contributed by atoms with Crippen LogP contribution in [0.2, 0.25) is 0 Å². The van der Waals surface area contributed by atoms with E-state index in [1.165, 1.54) is 21.9 Å². The normalized spacial score (nSPS) is 11.8. The van der Waals surface area contributed by atoms with Crippen molar-refractivity contribution in [3.8, 4) is 33.7 Å². The number of aromatic nitrogens is 1. The van der Waals surface area contributed by atoms with Crippen LogP contribution in [-0.4, -0.2) is 4.98 Å². The molecule has 0 aliphatic carbocycles. The SMILES string of the molecule is c1ccc(-c2nc3ccc4oc5ccc(-c6ccc(N(c7ccc(-c8cccc9ccccc89)cc7)c7ccc8oc9ccccc9c8c7)cc6)cc5c4c3o2)cc1. The van der Waals surface area contributed by atoms with E-state index in [4.69, 9.17) is 18.2 Å². The molecule has 0 amide bonds. The average molecular weight is 745 g/mol. The maximum Gasteiger partial charge on any atom is 0.227 e. The van der Waals surface area contributed by atoms with Gasteiger partial charge in [0.05, 0.1) is 5.39 Å². The molecule has 0 N–H and O–H groups in total. The zero-order chi connectivity index (χ0) is 38.2. The second kappa shape index (κ2) is 12.8. The molecule has 58 heavy (non-hydrogen) atoms. The van der Waals surface area contributed by atoms with Gasteiger partial charge in [0, 0.05) is 38.8 Å². The van der Waals surface area contributed by atoms with E-state index in [-0.39, 0.29) is 0 Å². The number of furan rings is 2. The predicted octanol–water partition coefficient (Wildman–Crippen LogP) is 15.3. The maximum atomic E-state index is 6.42. The zero-order valence-electron chi connectivity index (χ0n) is 31.1. The molecule has 0 aliphatic rings. The lowest BCUT2D eigenvalue weighted by molar-refractivity contribution is 0.622. The van der Waals surface area contributed by atoms with E-state index in [0.29, 0.717) is 5.89 Å². The highest BCUT2D eigenvalue weighted by atomic mass is 16.4. The van der Waals surface area contributed by atoms with Crippen molar-refractivity contribution in [2.75, 3.05) is 4.90 Å². The first-order chi connectivity index (χ1) is 28.7. The summed E-state index contributed by atoms with van der Waals surface area (Å²) >= 11 is 0. The van der Waals surface area contributed by atoms with E-state index in [0.717, 1.165) is 88.7 Å². The van der Waals surface area contributed by atoms with E-state index in [1.807, 2.05) is 60.7 Å². The number of anilines is 3. The zero-order valence-corrected chi connectivity index (χ0v) is 31.1. The van der Waals surface area contributed by atoms with E-state index in [2.05, 4.69) is 138 Å². The average Bonchev–Trinajstić information content (AvgIpc) is 4.00. The van der Waals surface area contributed by atoms with Gasteiger partial charge >= 0.3 is 0 Å². The minimum Gasteiger partial charge on any atom is -0.456 e. The third-order valence-corrected chi connectivity index (χ3v) is 11.3. The van der Waals surface area contributed by atoms with Crippen molar-refractivity contribution in [1.82, 2.24) is 4.98 Å². The molecule has 12 aromatic rings. The van der Waals surface area contributed by atoms with Crippen molar-refractivity contribution in [2.45, 2.75) is 0 Å². The summed E-state index contributed by atoms with van der Waals surface area (Å²) in [5.41, 5.74) is 13.5. The summed E-state index contributed by atoms with van der Waals surface area (Å²) in [6, 6.07) is 67.7. The first kappa shape index (κ1) is 32.4. The van der Waals surface area contributed by atoms with Crippen molar-refractivity contribution in [3.05, 3.63) is 194 Å². The fraction of sp³-hybridized carbons (Fsp3) is 0. The van der Waals surface area contributed by atoms with Gasteiger partial charge in [0.2, 0.25) is 5.89 Å². The first-order valence-electron chi connectivity index (χ1n) is 19.4. The van der Waals surface area contributed by atoms with Crippen molar-refractivity contribution in [3.63, 3.8) is 0 Å². The molecule has 0 aliphatic heterocycles. The Hall–Kier alpha value is -7.89. The van der Waals surface area contributed by atoms with Crippen molar-refractivity contribution < 1.29 is 13.3 Å². The Morgan fingerprint density at radius 3 is 1.83 bits per heavy atom. The number of benzene rings is 9. The van der Waals surface area contributed by atoms with Gasteiger partial charge in [-0.05, 0) is 118 Å². The molecular weight excluding hydrogens is 713 g/mol. The number of hydrogen-bond donors (Lipinski definition) is 0. The van der Waals surface area contributed by atoms with Crippen LogP contribution in [0.25, 0.3) is 99.5 Å². The number of rotatable bonds is 6. The molecule has 9 aromatic carbocycles. The lowest BCUT2D eigenvalue weighted by Gasteiger charge is -2.26.